The molecule has 0 radical (unpaired) electrons. The molecule has 4 heterocycles. The number of nitrogens with one attached hydrogen (secondary N) is 1. The van der Waals surface area contributed by atoms with Gasteiger partial charge < -0.3 is 9.13 Å². The number of hydrogen-bond donors (Lipinski definition) is 1. The highest BCUT2D eigenvalue weighted by atomic mass is 32.1. The first kappa shape index (κ1) is 19.8. The van der Waals surface area contributed by atoms with Crippen LogP contribution in [0.25, 0.3) is 10.9 Å². The largest absolute Gasteiger partial charge is 0.351 e. The number of nitrogens with zero attached hydrogens (tertiary/aromatic N) is 4. The van der Waals surface area contributed by atoms with Gasteiger partial charge in [0.1, 0.15) is 11.4 Å². The molecule has 0 bridgehead atoms. The highest BCUT2D eigenvalue weighted by Crippen LogP contribution is 2.18. The van der Waals surface area contributed by atoms with Crippen molar-refractivity contribution in [3.8, 4) is 11.8 Å². The monoisotopic (exact) mass is 437 g/mol. The van der Waals surface area contributed by atoms with Gasteiger partial charge in [-0.25, -0.2) is 4.98 Å². The summed E-state index contributed by atoms with van der Waals surface area (Å²) in [4.78, 5) is 21.3. The zero-order valence-electron chi connectivity index (χ0n) is 17.3. The number of aryl methyl sites for hydroxylation is 1. The van der Waals surface area contributed by atoms with Crippen molar-refractivity contribution in [2.24, 2.45) is 7.05 Å². The minimum absolute atomic E-state index is 0.201. The number of thiazole rings is 1. The molecule has 0 aliphatic heterocycles. The number of pyridine rings is 1. The molecule has 5 aromatic rings. The summed E-state index contributed by atoms with van der Waals surface area (Å²) in [6, 6.07) is 15.7. The van der Waals surface area contributed by atoms with Gasteiger partial charge in [-0.15, -0.1) is 11.3 Å². The van der Waals surface area contributed by atoms with Crippen LogP contribution in [-0.2, 0) is 13.6 Å². The Morgan fingerprint density at radius 1 is 1.09 bits per heavy atom. The van der Waals surface area contributed by atoms with E-state index in [-0.39, 0.29) is 5.91 Å². The predicted molar refractivity (Wildman–Crippen MR) is 127 cm³/mol. The van der Waals surface area contributed by atoms with E-state index in [2.05, 4.69) is 49.9 Å². The van der Waals surface area contributed by atoms with Crippen molar-refractivity contribution in [2.45, 2.75) is 6.54 Å². The number of hydrogen-bond acceptors (Lipinski definition) is 4. The molecule has 0 atom stereocenters. The molecule has 1 aromatic carbocycles. The van der Waals surface area contributed by atoms with Gasteiger partial charge >= 0.3 is 0 Å². The summed E-state index contributed by atoms with van der Waals surface area (Å²) in [6.07, 6.45) is 7.41. The van der Waals surface area contributed by atoms with Crippen molar-refractivity contribution in [2.75, 3.05) is 5.32 Å². The molecule has 0 unspecified atom stereocenters. The van der Waals surface area contributed by atoms with Gasteiger partial charge in [-0.1, -0.05) is 5.92 Å². The summed E-state index contributed by atoms with van der Waals surface area (Å²) >= 11 is 1.36. The number of carbonyl (C=O) groups excluding carboxylic acids is 1. The maximum atomic E-state index is 12.8. The Bertz CT molecular complexity index is 1470. The molecule has 6 nitrogen and oxygen atoms in total. The van der Waals surface area contributed by atoms with Crippen molar-refractivity contribution in [1.82, 2.24) is 19.1 Å². The van der Waals surface area contributed by atoms with Gasteiger partial charge in [-0.2, -0.15) is 0 Å². The Labute approximate surface area is 189 Å². The van der Waals surface area contributed by atoms with Crippen LogP contribution in [0.2, 0.25) is 0 Å². The number of amides is 1. The fraction of sp³-hybridized carbons (Fsp3) is 0.0800. The molecule has 0 fully saturated rings. The van der Waals surface area contributed by atoms with E-state index >= 15 is 0 Å². The molecule has 0 spiro atoms. The van der Waals surface area contributed by atoms with Crippen LogP contribution in [0.4, 0.5) is 5.13 Å². The fourth-order valence-electron chi connectivity index (χ4n) is 3.49. The second-order valence-corrected chi connectivity index (χ2v) is 8.18. The van der Waals surface area contributed by atoms with E-state index in [0.717, 1.165) is 16.5 Å². The average Bonchev–Trinajstić information content (AvgIpc) is 3.54. The molecule has 0 aliphatic rings. The first-order valence-corrected chi connectivity index (χ1v) is 10.9. The summed E-state index contributed by atoms with van der Waals surface area (Å²) < 4.78 is 3.98. The lowest BCUT2D eigenvalue weighted by Crippen LogP contribution is -2.17. The molecule has 5 rings (SSSR count). The van der Waals surface area contributed by atoms with E-state index in [1.54, 1.807) is 18.5 Å². The van der Waals surface area contributed by atoms with E-state index in [1.807, 2.05) is 53.7 Å². The second kappa shape index (κ2) is 8.53. The van der Waals surface area contributed by atoms with Crippen molar-refractivity contribution in [3.63, 3.8) is 0 Å². The van der Waals surface area contributed by atoms with Gasteiger partial charge in [0.25, 0.3) is 5.91 Å². The van der Waals surface area contributed by atoms with Crippen LogP contribution in [0.5, 0.6) is 0 Å². The Morgan fingerprint density at radius 3 is 2.84 bits per heavy atom. The van der Waals surface area contributed by atoms with E-state index < -0.39 is 0 Å². The first-order valence-electron chi connectivity index (χ1n) is 10.0. The highest BCUT2D eigenvalue weighted by Gasteiger charge is 2.13. The summed E-state index contributed by atoms with van der Waals surface area (Å²) in [5.41, 5.74) is 4.37. The van der Waals surface area contributed by atoms with Crippen molar-refractivity contribution < 1.29 is 4.79 Å². The van der Waals surface area contributed by atoms with Gasteiger partial charge in [0, 0.05) is 60.2 Å². The second-order valence-electron chi connectivity index (χ2n) is 7.32. The number of benzene rings is 1. The molecule has 7 heteroatoms. The zero-order valence-corrected chi connectivity index (χ0v) is 18.1. The summed E-state index contributed by atoms with van der Waals surface area (Å²) in [5, 5.41) is 6.40. The van der Waals surface area contributed by atoms with Crippen molar-refractivity contribution in [1.29, 1.82) is 0 Å². The number of carbonyl (C=O) groups is 1. The summed E-state index contributed by atoms with van der Waals surface area (Å²) in [6.45, 7) is 0.596. The number of rotatable bonds is 4. The zero-order chi connectivity index (χ0) is 21.9. The lowest BCUT2D eigenvalue weighted by atomic mass is 10.1. The van der Waals surface area contributed by atoms with E-state index in [0.29, 0.717) is 23.1 Å². The molecule has 0 saturated heterocycles. The third-order valence-corrected chi connectivity index (χ3v) is 5.87. The normalized spacial score (nSPS) is 10.7. The Kier molecular flexibility index (Phi) is 5.28. The summed E-state index contributed by atoms with van der Waals surface area (Å²) in [5.74, 6) is 6.04. The maximum Gasteiger partial charge on any atom is 0.274 e. The van der Waals surface area contributed by atoms with Crippen LogP contribution in [0.15, 0.2) is 78.7 Å². The first-order chi connectivity index (χ1) is 15.7. The molecule has 1 amide bonds. The maximum absolute atomic E-state index is 12.8. The van der Waals surface area contributed by atoms with E-state index in [9.17, 15) is 4.79 Å². The van der Waals surface area contributed by atoms with Crippen LogP contribution in [0, 0.1) is 11.8 Å². The SMILES string of the molecule is Cn1ccc2cc(C#Cc3csc(NC(=O)c4cccn4Cc4ccncc4)n3)ccc21. The molecule has 32 heavy (non-hydrogen) atoms. The molecule has 4 aromatic heterocycles. The fourth-order valence-corrected chi connectivity index (χ4v) is 4.13. The van der Waals surface area contributed by atoms with Crippen LogP contribution < -0.4 is 5.32 Å². The Hall–Kier alpha value is -4.15. The lowest BCUT2D eigenvalue weighted by Gasteiger charge is -2.08. The molecule has 1 N–H and O–H groups in total. The number of aromatic nitrogens is 4. The van der Waals surface area contributed by atoms with Gasteiger partial charge in [-0.3, -0.25) is 15.1 Å². The molecule has 156 valence electrons. The minimum atomic E-state index is -0.201. The smallest absolute Gasteiger partial charge is 0.274 e. The molecular formula is C25H19N5OS. The van der Waals surface area contributed by atoms with E-state index in [1.165, 1.54) is 16.9 Å². The molecule has 0 aliphatic carbocycles. The van der Waals surface area contributed by atoms with Crippen molar-refractivity contribution in [3.05, 3.63) is 101 Å². The third-order valence-electron chi connectivity index (χ3n) is 5.11. The van der Waals surface area contributed by atoms with Gasteiger partial charge in [-0.05, 0) is 60.0 Å². The Morgan fingerprint density at radius 2 is 1.97 bits per heavy atom. The predicted octanol–water partition coefficient (Wildman–Crippen LogP) is 4.53. The number of anilines is 1. The summed E-state index contributed by atoms with van der Waals surface area (Å²) in [7, 11) is 2.02. The average molecular weight is 438 g/mol. The van der Waals surface area contributed by atoms with Gasteiger partial charge in [0.2, 0.25) is 0 Å². The van der Waals surface area contributed by atoms with Gasteiger partial charge in [0.05, 0.1) is 0 Å². The quantitative estimate of drug-likeness (QED) is 0.420. The highest BCUT2D eigenvalue weighted by molar-refractivity contribution is 7.14. The topological polar surface area (TPSA) is 64.7 Å². The standard InChI is InChI=1S/C25H19N5OS/c1-29-14-10-20-15-18(5-7-22(20)29)4-6-21-17-32-25(27-21)28-24(31)23-3-2-13-30(23)16-19-8-11-26-12-9-19/h2-3,5,7-15,17H,16H2,1H3,(H,27,28,31). The Balaban J connectivity index is 1.28. The van der Waals surface area contributed by atoms with Crippen LogP contribution in [0.3, 0.4) is 0 Å². The number of fused-ring (bicyclic) bond motifs is 1. The minimum Gasteiger partial charge on any atom is -0.351 e. The van der Waals surface area contributed by atoms with Gasteiger partial charge in [0.15, 0.2) is 5.13 Å². The van der Waals surface area contributed by atoms with Crippen molar-refractivity contribution >= 4 is 33.3 Å². The van der Waals surface area contributed by atoms with Crippen LogP contribution >= 0.6 is 11.3 Å². The third kappa shape index (κ3) is 4.17. The lowest BCUT2D eigenvalue weighted by molar-refractivity contribution is 0.101. The van der Waals surface area contributed by atoms with Crippen LogP contribution in [-0.4, -0.2) is 25.0 Å². The van der Waals surface area contributed by atoms with Crippen LogP contribution in [0.1, 0.15) is 27.3 Å². The van der Waals surface area contributed by atoms with E-state index in [4.69, 9.17) is 0 Å². The molecule has 0 saturated carbocycles. The molecular weight excluding hydrogens is 418 g/mol.